The SMILES string of the molecule is CC[C@@](C)([N+](=O)[O-])C1([N+](=O)[O-])CCCCC1. The third-order valence-corrected chi connectivity index (χ3v) is 4.12. The summed E-state index contributed by atoms with van der Waals surface area (Å²) in [4.78, 5) is 21.6. The first-order chi connectivity index (χ1) is 7.40. The minimum Gasteiger partial charge on any atom is -0.264 e. The molecule has 0 amide bonds. The molecule has 0 heterocycles. The molecule has 1 rings (SSSR count). The molecule has 0 bridgehead atoms. The molecular weight excluding hydrogens is 212 g/mol. The molecular formula is C10H18N2O4. The van der Waals surface area contributed by atoms with Crippen molar-refractivity contribution in [1.29, 1.82) is 0 Å². The zero-order valence-corrected chi connectivity index (χ0v) is 9.77. The van der Waals surface area contributed by atoms with Gasteiger partial charge in [-0.05, 0) is 12.8 Å². The Morgan fingerprint density at radius 3 is 2.00 bits per heavy atom. The third-order valence-electron chi connectivity index (χ3n) is 4.12. The predicted octanol–water partition coefficient (Wildman–Crippen LogP) is 2.41. The fraction of sp³-hybridized carbons (Fsp3) is 1.00. The van der Waals surface area contributed by atoms with Crippen LogP contribution in [-0.4, -0.2) is 20.9 Å². The summed E-state index contributed by atoms with van der Waals surface area (Å²) in [7, 11) is 0. The van der Waals surface area contributed by atoms with Crippen molar-refractivity contribution in [2.24, 2.45) is 0 Å². The first kappa shape index (κ1) is 12.9. The molecule has 1 saturated carbocycles. The van der Waals surface area contributed by atoms with E-state index >= 15 is 0 Å². The summed E-state index contributed by atoms with van der Waals surface area (Å²) in [6, 6.07) is 0. The average Bonchev–Trinajstić information content (AvgIpc) is 2.28. The fourth-order valence-corrected chi connectivity index (χ4v) is 2.68. The molecule has 6 heteroatoms. The molecule has 0 saturated heterocycles. The van der Waals surface area contributed by atoms with Crippen molar-refractivity contribution in [2.45, 2.75) is 63.5 Å². The summed E-state index contributed by atoms with van der Waals surface area (Å²) in [6.45, 7) is 3.07. The van der Waals surface area contributed by atoms with Crippen LogP contribution in [0, 0.1) is 20.2 Å². The van der Waals surface area contributed by atoms with E-state index in [-0.39, 0.29) is 6.42 Å². The second kappa shape index (κ2) is 4.35. The van der Waals surface area contributed by atoms with Gasteiger partial charge < -0.3 is 0 Å². The first-order valence-electron chi connectivity index (χ1n) is 5.70. The van der Waals surface area contributed by atoms with Gasteiger partial charge in [-0.15, -0.1) is 0 Å². The van der Waals surface area contributed by atoms with E-state index in [9.17, 15) is 20.2 Å². The van der Waals surface area contributed by atoms with Gasteiger partial charge in [-0.3, -0.25) is 20.2 Å². The molecule has 1 aliphatic rings. The first-order valence-corrected chi connectivity index (χ1v) is 5.70. The van der Waals surface area contributed by atoms with Crippen LogP contribution in [0.15, 0.2) is 0 Å². The highest BCUT2D eigenvalue weighted by atomic mass is 16.6. The Balaban J connectivity index is 3.18. The van der Waals surface area contributed by atoms with Crippen molar-refractivity contribution in [3.8, 4) is 0 Å². The molecule has 1 fully saturated rings. The quantitative estimate of drug-likeness (QED) is 0.548. The van der Waals surface area contributed by atoms with Crippen LogP contribution in [0.5, 0.6) is 0 Å². The molecule has 0 aliphatic heterocycles. The number of hydrogen-bond donors (Lipinski definition) is 0. The second-order valence-electron chi connectivity index (χ2n) is 4.73. The second-order valence-corrected chi connectivity index (χ2v) is 4.73. The highest BCUT2D eigenvalue weighted by molar-refractivity contribution is 4.98. The zero-order chi connectivity index (χ0) is 12.4. The van der Waals surface area contributed by atoms with E-state index in [2.05, 4.69) is 0 Å². The van der Waals surface area contributed by atoms with Gasteiger partial charge in [-0.25, -0.2) is 0 Å². The molecule has 0 aromatic carbocycles. The summed E-state index contributed by atoms with van der Waals surface area (Å²) in [5.74, 6) is 0. The maximum Gasteiger partial charge on any atom is 0.290 e. The summed E-state index contributed by atoms with van der Waals surface area (Å²) in [5.41, 5.74) is -2.82. The highest BCUT2D eigenvalue weighted by Crippen LogP contribution is 2.42. The molecule has 6 nitrogen and oxygen atoms in total. The normalized spacial score (nSPS) is 23.4. The summed E-state index contributed by atoms with van der Waals surface area (Å²) >= 11 is 0. The minimum absolute atomic E-state index is 0.195. The van der Waals surface area contributed by atoms with Gasteiger partial charge in [0, 0.05) is 36.0 Å². The van der Waals surface area contributed by atoms with E-state index in [4.69, 9.17) is 0 Å². The number of rotatable bonds is 4. The molecule has 92 valence electrons. The Morgan fingerprint density at radius 1 is 1.19 bits per heavy atom. The van der Waals surface area contributed by atoms with Gasteiger partial charge in [0.05, 0.1) is 0 Å². The van der Waals surface area contributed by atoms with Gasteiger partial charge in [0.25, 0.3) is 11.1 Å². The fourth-order valence-electron chi connectivity index (χ4n) is 2.68. The number of hydrogen-bond acceptors (Lipinski definition) is 4. The molecule has 0 aromatic rings. The van der Waals surface area contributed by atoms with E-state index in [0.717, 1.165) is 6.42 Å². The molecule has 0 N–H and O–H groups in total. The van der Waals surface area contributed by atoms with E-state index < -0.39 is 20.9 Å². The predicted molar refractivity (Wildman–Crippen MR) is 58.5 cm³/mol. The largest absolute Gasteiger partial charge is 0.290 e. The Morgan fingerprint density at radius 2 is 1.69 bits per heavy atom. The Hall–Kier alpha value is -1.20. The average molecular weight is 230 g/mol. The number of nitrogens with zero attached hydrogens (tertiary/aromatic N) is 2. The van der Waals surface area contributed by atoms with E-state index in [1.807, 2.05) is 0 Å². The van der Waals surface area contributed by atoms with Gasteiger partial charge >= 0.3 is 0 Å². The minimum atomic E-state index is -1.45. The molecule has 0 unspecified atom stereocenters. The van der Waals surface area contributed by atoms with Crippen molar-refractivity contribution in [2.75, 3.05) is 0 Å². The lowest BCUT2D eigenvalue weighted by molar-refractivity contribution is -0.687. The lowest BCUT2D eigenvalue weighted by atomic mass is 9.68. The summed E-state index contributed by atoms with van der Waals surface area (Å²) in [5, 5.41) is 22.4. The summed E-state index contributed by atoms with van der Waals surface area (Å²) < 4.78 is 0. The molecule has 1 atom stereocenters. The van der Waals surface area contributed by atoms with Crippen LogP contribution in [0.2, 0.25) is 0 Å². The van der Waals surface area contributed by atoms with Crippen LogP contribution in [0.4, 0.5) is 0 Å². The maximum absolute atomic E-state index is 11.3. The van der Waals surface area contributed by atoms with Gasteiger partial charge in [0.2, 0.25) is 0 Å². The molecule has 0 radical (unpaired) electrons. The Kier molecular flexibility index (Phi) is 3.50. The Bertz CT molecular complexity index is 299. The van der Waals surface area contributed by atoms with Gasteiger partial charge in [0.15, 0.2) is 0 Å². The van der Waals surface area contributed by atoms with Crippen molar-refractivity contribution >= 4 is 0 Å². The topological polar surface area (TPSA) is 86.3 Å². The van der Waals surface area contributed by atoms with Gasteiger partial charge in [0.1, 0.15) is 0 Å². The lowest BCUT2D eigenvalue weighted by Gasteiger charge is -2.36. The van der Waals surface area contributed by atoms with Crippen molar-refractivity contribution in [3.63, 3.8) is 0 Å². The van der Waals surface area contributed by atoms with Crippen LogP contribution in [0.1, 0.15) is 52.4 Å². The molecule has 1 aliphatic carbocycles. The summed E-state index contributed by atoms with van der Waals surface area (Å²) in [6.07, 6.45) is 3.21. The molecule has 0 aromatic heterocycles. The zero-order valence-electron chi connectivity index (χ0n) is 9.77. The highest BCUT2D eigenvalue weighted by Gasteiger charge is 2.66. The van der Waals surface area contributed by atoms with Crippen LogP contribution < -0.4 is 0 Å². The van der Waals surface area contributed by atoms with Crippen LogP contribution >= 0.6 is 0 Å². The Labute approximate surface area is 94.3 Å². The lowest BCUT2D eigenvalue weighted by Crippen LogP contribution is -2.62. The van der Waals surface area contributed by atoms with Gasteiger partial charge in [-0.2, -0.15) is 0 Å². The number of nitro groups is 2. The monoisotopic (exact) mass is 230 g/mol. The van der Waals surface area contributed by atoms with Crippen molar-refractivity contribution in [3.05, 3.63) is 20.2 Å². The van der Waals surface area contributed by atoms with Crippen LogP contribution in [0.25, 0.3) is 0 Å². The van der Waals surface area contributed by atoms with Crippen molar-refractivity contribution in [1.82, 2.24) is 0 Å². The van der Waals surface area contributed by atoms with E-state index in [1.54, 1.807) is 6.92 Å². The van der Waals surface area contributed by atoms with Gasteiger partial charge in [-0.1, -0.05) is 13.3 Å². The maximum atomic E-state index is 11.3. The van der Waals surface area contributed by atoms with E-state index in [1.165, 1.54) is 6.92 Å². The molecule has 0 spiro atoms. The third kappa shape index (κ3) is 1.66. The standard InChI is InChI=1S/C10H18N2O4/c1-3-9(2,11(13)14)10(12(15)16)7-5-4-6-8-10/h3-8H2,1-2H3/t9-/m1/s1. The smallest absolute Gasteiger partial charge is 0.264 e. The van der Waals surface area contributed by atoms with Crippen molar-refractivity contribution < 1.29 is 9.85 Å². The molecule has 16 heavy (non-hydrogen) atoms. The van der Waals surface area contributed by atoms with Crippen LogP contribution in [0.3, 0.4) is 0 Å². The van der Waals surface area contributed by atoms with Crippen LogP contribution in [-0.2, 0) is 0 Å². The van der Waals surface area contributed by atoms with E-state index in [0.29, 0.717) is 25.7 Å².